The second kappa shape index (κ2) is 39.8. The van der Waals surface area contributed by atoms with Gasteiger partial charge in [0.05, 0.1) is 6.04 Å². The first-order valence-corrected chi connectivity index (χ1v) is 36.0. The number of unbranched alkanes of at least 4 members (excludes halogenated alkanes) is 1. The lowest BCUT2D eigenvalue weighted by atomic mass is 9.95. The van der Waals surface area contributed by atoms with Crippen molar-refractivity contribution >= 4 is 115 Å². The summed E-state index contributed by atoms with van der Waals surface area (Å²) >= 11 is 0. The predicted octanol–water partition coefficient (Wildman–Crippen LogP) is 1.14. The number of hydrogen-bond acceptors (Lipinski definition) is 14. The Morgan fingerprint density at radius 2 is 0.682 bits per heavy atom. The largest absolute Gasteiger partial charge is 0.480 e. The Morgan fingerprint density at radius 3 is 1.03 bits per heavy atom. The molecule has 4 heterocycles. The summed E-state index contributed by atoms with van der Waals surface area (Å²) in [5.74, 6) is -9.30. The molecule has 572 valence electrons. The van der Waals surface area contributed by atoms with Crippen molar-refractivity contribution in [1.82, 2.24) is 78.4 Å². The van der Waals surface area contributed by atoms with Crippen LogP contribution >= 0.6 is 0 Å². The zero-order valence-corrected chi connectivity index (χ0v) is 60.1. The number of carboxylic acids is 1. The van der Waals surface area contributed by atoms with Gasteiger partial charge < -0.3 is 112 Å². The van der Waals surface area contributed by atoms with Crippen LogP contribution in [0.1, 0.15) is 100 Å². The van der Waals surface area contributed by atoms with Crippen LogP contribution in [0.3, 0.4) is 0 Å². The Morgan fingerprint density at radius 1 is 0.393 bits per heavy atom. The molecular formula is C74H101N23O10. The predicted molar refractivity (Wildman–Crippen MR) is 409 cm³/mol. The maximum atomic E-state index is 15.6. The Bertz CT molecular complexity index is 4410. The number of aromatic nitrogens is 4. The topological polar surface area (TPSA) is 571 Å². The summed E-state index contributed by atoms with van der Waals surface area (Å²) < 4.78 is 0. The van der Waals surface area contributed by atoms with Crippen molar-refractivity contribution in [3.8, 4) is 0 Å². The molecule has 0 spiro atoms. The van der Waals surface area contributed by atoms with Crippen molar-refractivity contribution in [2.75, 3.05) is 26.2 Å². The van der Waals surface area contributed by atoms with Gasteiger partial charge in [0.15, 0.2) is 17.9 Å². The highest BCUT2D eigenvalue weighted by molar-refractivity contribution is 6.00. The lowest BCUT2D eigenvalue weighted by Gasteiger charge is -2.30. The van der Waals surface area contributed by atoms with E-state index in [1.165, 1.54) is 0 Å². The van der Waals surface area contributed by atoms with Crippen LogP contribution in [-0.2, 0) is 68.8 Å². The van der Waals surface area contributed by atoms with Gasteiger partial charge >= 0.3 is 5.97 Å². The molecule has 10 atom stereocenters. The minimum absolute atomic E-state index is 0.0151. The first-order chi connectivity index (χ1) is 51.4. The number of nitrogens with one attached hydrogen (secondary N) is 18. The van der Waals surface area contributed by atoms with Gasteiger partial charge in [-0.15, -0.1) is 0 Å². The van der Waals surface area contributed by atoms with Crippen LogP contribution in [0.2, 0.25) is 0 Å². The maximum Gasteiger partial charge on any atom is 0.326 e. The van der Waals surface area contributed by atoms with Crippen LogP contribution in [0.4, 0.5) is 0 Å². The molecular weight excluding hydrogens is 1370 g/mol. The molecule has 4 aromatic heterocycles. The van der Waals surface area contributed by atoms with Gasteiger partial charge in [-0.1, -0.05) is 93.1 Å². The normalized spacial score (nSPS) is 14.1. The maximum absolute atomic E-state index is 15.6. The van der Waals surface area contributed by atoms with E-state index in [-0.39, 0.29) is 108 Å². The van der Waals surface area contributed by atoms with Crippen molar-refractivity contribution in [3.05, 3.63) is 144 Å². The van der Waals surface area contributed by atoms with Crippen molar-refractivity contribution in [3.63, 3.8) is 0 Å². The number of carbonyl (C=O) groups excluding carboxylic acids is 8. The Labute approximate surface area is 618 Å². The molecule has 0 radical (unpaired) electrons. The van der Waals surface area contributed by atoms with Crippen molar-refractivity contribution in [1.29, 1.82) is 16.2 Å². The van der Waals surface area contributed by atoms with Gasteiger partial charge in [-0.25, -0.2) is 4.79 Å². The van der Waals surface area contributed by atoms with Crippen LogP contribution in [0.5, 0.6) is 0 Å². The number of aromatic amines is 4. The van der Waals surface area contributed by atoms with Gasteiger partial charge in [0.1, 0.15) is 48.3 Å². The summed E-state index contributed by atoms with van der Waals surface area (Å²) in [6.45, 7) is 4.24. The fourth-order valence-corrected chi connectivity index (χ4v) is 12.8. The first-order valence-electron chi connectivity index (χ1n) is 36.0. The van der Waals surface area contributed by atoms with Crippen LogP contribution in [0.15, 0.2) is 122 Å². The van der Waals surface area contributed by atoms with Gasteiger partial charge in [-0.3, -0.25) is 54.6 Å². The van der Waals surface area contributed by atoms with Gasteiger partial charge in [0.2, 0.25) is 47.3 Å². The number of carboxylic acid groups (broad SMARTS) is 1. The Hall–Kier alpha value is -12.0. The standard InChI is InChI=1S/C74H101N23O10/c1-3-41(2)62(70(105)95-59(34-43-38-87-52-23-9-5-18-47(43)52)68(103)96-61(71(106)107)36-45-40-89-54-25-11-7-20-49(45)54)97-69(104)60(35-44-39-88-53-24-10-6-19-48(44)53)94-67(102)58(33-42-37-86-51-22-8-4-17-46(42)51)93-66(101)55(26-12-13-29-75)91-65(100)57(28-16-32-85-74(81)82)92-64(99)56(27-15-31-84-73(79)80)90-63(98)50(76)21-14-30-83-72(77)78/h4-11,17-20,22-25,37-41,50,55-62,86-89H,3,12-16,21,26-36,75-76H2,1-2H3,(H,90,98)(H,91,100)(H,92,99)(H,93,101)(H,94,102)(H,95,105)(H,96,103)(H,97,104)(H,106,107)(H4,77,78,83)(H4,79,80,84)(H4,81,82,85)/t41-,50-,55-,56-,57-,58-,59-,60-,61-,62-/m0/s1. The number of guanidine groups is 3. The fourth-order valence-electron chi connectivity index (χ4n) is 12.8. The molecule has 8 aromatic rings. The molecule has 33 heteroatoms. The third kappa shape index (κ3) is 23.5. The third-order valence-corrected chi connectivity index (χ3v) is 18.9. The third-order valence-electron chi connectivity index (χ3n) is 18.9. The smallest absolute Gasteiger partial charge is 0.326 e. The molecule has 33 nitrogen and oxygen atoms in total. The Kier molecular flexibility index (Phi) is 30.0. The molecule has 0 fully saturated rings. The molecule has 0 aliphatic rings. The number of H-pyrrole nitrogens is 4. The van der Waals surface area contributed by atoms with E-state index < -0.39 is 114 Å². The van der Waals surface area contributed by atoms with Crippen molar-refractivity contribution in [2.24, 2.45) is 34.6 Å². The first kappa shape index (κ1) is 80.7. The minimum atomic E-state index is -1.50. The van der Waals surface area contributed by atoms with Gasteiger partial charge in [0.25, 0.3) is 0 Å². The van der Waals surface area contributed by atoms with E-state index >= 15 is 19.2 Å². The molecule has 0 aliphatic carbocycles. The number of fused-ring (bicyclic) bond motifs is 4. The number of nitrogens with two attached hydrogens (primary N) is 5. The number of benzene rings is 4. The molecule has 107 heavy (non-hydrogen) atoms. The lowest BCUT2D eigenvalue weighted by molar-refractivity contribution is -0.142. The van der Waals surface area contributed by atoms with Gasteiger partial charge in [0, 0.05) is 114 Å². The van der Waals surface area contributed by atoms with E-state index in [4.69, 9.17) is 44.9 Å². The van der Waals surface area contributed by atoms with E-state index in [0.717, 1.165) is 27.3 Å². The average molecular weight is 1470 g/mol. The fraction of sp³-hybridized carbons (Fsp3) is 0.405. The average Bonchev–Trinajstić information content (AvgIpc) is 1.72. The van der Waals surface area contributed by atoms with E-state index in [9.17, 15) is 29.1 Å². The molecule has 8 rings (SSSR count). The number of para-hydroxylation sites is 4. The van der Waals surface area contributed by atoms with E-state index in [1.807, 2.05) is 97.9 Å². The minimum Gasteiger partial charge on any atom is -0.480 e. The van der Waals surface area contributed by atoms with E-state index in [1.54, 1.807) is 37.8 Å². The van der Waals surface area contributed by atoms with Gasteiger partial charge in [-0.2, -0.15) is 0 Å². The van der Waals surface area contributed by atoms with Crippen LogP contribution in [0.25, 0.3) is 43.6 Å². The molecule has 0 bridgehead atoms. The number of hydrogen-bond donors (Lipinski definition) is 24. The SMILES string of the molecule is CC[C@H](C)[C@H](NC(=O)[C@H](Cc1c[nH]c2ccccc12)NC(=O)[C@H](Cc1c[nH]c2ccccc12)NC(=O)[C@H](CCCCN)NC(=O)[C@H](CCCNC(=N)N)NC(=O)[C@H](CCCNC(=N)N)NC(=O)[C@@H](N)CCCNC(=N)N)C(=O)N[C@@H](Cc1c[nH]c2ccccc12)C(=O)N[C@@H](Cc1c[nH]c2ccccc12)C(=O)O. The van der Waals surface area contributed by atoms with Crippen LogP contribution in [0, 0.1) is 22.1 Å². The Balaban J connectivity index is 1.08. The molecule has 0 saturated heterocycles. The quantitative estimate of drug-likeness (QED) is 0.0145. The summed E-state index contributed by atoms with van der Waals surface area (Å²) in [4.78, 5) is 145. The number of aliphatic carboxylic acids is 1. The molecule has 8 amide bonds. The van der Waals surface area contributed by atoms with E-state index in [0.29, 0.717) is 64.2 Å². The summed E-state index contributed by atoms with van der Waals surface area (Å²) in [6.07, 6.45) is 7.97. The second-order valence-corrected chi connectivity index (χ2v) is 26.7. The highest BCUT2D eigenvalue weighted by Gasteiger charge is 2.38. The summed E-state index contributed by atoms with van der Waals surface area (Å²) in [6, 6.07) is 16.9. The molecule has 29 N–H and O–H groups in total. The number of amides is 8. The van der Waals surface area contributed by atoms with E-state index in [2.05, 4.69) is 78.4 Å². The van der Waals surface area contributed by atoms with Crippen LogP contribution in [-0.4, -0.2) is 177 Å². The molecule has 4 aromatic carbocycles. The molecule has 0 saturated carbocycles. The highest BCUT2D eigenvalue weighted by Crippen LogP contribution is 2.25. The summed E-state index contributed by atoms with van der Waals surface area (Å²) in [5.41, 5.74) is 34.1. The summed E-state index contributed by atoms with van der Waals surface area (Å²) in [5, 5.41) is 66.8. The van der Waals surface area contributed by atoms with Crippen molar-refractivity contribution in [2.45, 2.75) is 158 Å². The van der Waals surface area contributed by atoms with Crippen molar-refractivity contribution < 1.29 is 48.3 Å². The monoisotopic (exact) mass is 1470 g/mol. The zero-order chi connectivity index (χ0) is 77.1. The van der Waals surface area contributed by atoms with Gasteiger partial charge in [-0.05, 0) is 117 Å². The lowest BCUT2D eigenvalue weighted by Crippen LogP contribution is -2.61. The number of carbonyl (C=O) groups is 9. The van der Waals surface area contributed by atoms with Crippen LogP contribution < -0.4 is 87.2 Å². The highest BCUT2D eigenvalue weighted by atomic mass is 16.4. The second-order valence-electron chi connectivity index (χ2n) is 26.7. The molecule has 0 aliphatic heterocycles. The molecule has 0 unspecified atom stereocenters. The summed E-state index contributed by atoms with van der Waals surface area (Å²) in [7, 11) is 0. The number of rotatable bonds is 43. The zero-order valence-electron chi connectivity index (χ0n) is 60.1.